The summed E-state index contributed by atoms with van der Waals surface area (Å²) in [6.45, 7) is 6.23. The molecule has 0 aliphatic carbocycles. The number of aryl methyl sites for hydroxylation is 1. The Hall–Kier alpha value is -1.68. The predicted molar refractivity (Wildman–Crippen MR) is 77.4 cm³/mol. The summed E-state index contributed by atoms with van der Waals surface area (Å²) in [6.07, 6.45) is 1.42. The van der Waals surface area contributed by atoms with Crippen molar-refractivity contribution in [2.24, 2.45) is 5.92 Å². The van der Waals surface area contributed by atoms with Gasteiger partial charge in [-0.25, -0.2) is 0 Å². The Labute approximate surface area is 119 Å². The van der Waals surface area contributed by atoms with E-state index in [0.717, 1.165) is 12.0 Å². The maximum atomic E-state index is 9.87. The fourth-order valence-corrected chi connectivity index (χ4v) is 2.16. The molecule has 0 saturated heterocycles. The zero-order valence-corrected chi connectivity index (χ0v) is 12.3. The van der Waals surface area contributed by atoms with E-state index in [1.807, 2.05) is 0 Å². The van der Waals surface area contributed by atoms with Gasteiger partial charge in [-0.3, -0.25) is 0 Å². The quantitative estimate of drug-likeness (QED) is 0.880. The predicted octanol–water partition coefficient (Wildman–Crippen LogP) is 2.92. The van der Waals surface area contributed by atoms with Crippen LogP contribution in [0.25, 0.3) is 0 Å². The van der Waals surface area contributed by atoms with Crippen molar-refractivity contribution in [1.29, 1.82) is 0 Å². The van der Waals surface area contributed by atoms with Crippen molar-refractivity contribution in [1.82, 2.24) is 10.1 Å². The van der Waals surface area contributed by atoms with E-state index in [2.05, 4.69) is 55.2 Å². The molecule has 0 bridgehead atoms. The molecule has 108 valence electrons. The van der Waals surface area contributed by atoms with Gasteiger partial charge in [-0.15, -0.1) is 0 Å². The van der Waals surface area contributed by atoms with Gasteiger partial charge >= 0.3 is 0 Å². The Balaban J connectivity index is 1.93. The lowest BCUT2D eigenvalue weighted by Crippen LogP contribution is -2.13. The highest BCUT2D eigenvalue weighted by Crippen LogP contribution is 2.12. The average Bonchev–Trinajstić information content (AvgIpc) is 2.78. The minimum atomic E-state index is -0.414. The molecule has 0 fully saturated rings. The van der Waals surface area contributed by atoms with E-state index in [0.29, 0.717) is 30.5 Å². The molecule has 0 amide bonds. The Kier molecular flexibility index (Phi) is 4.90. The number of aliphatic hydroxyl groups is 1. The standard InChI is InChI=1S/C16H22N2O2/c1-11(2)8-14(19)10-16-17-15(18-20-16)9-13-6-4-12(3)5-7-13/h4-7,11,14,19H,8-10H2,1-3H3. The van der Waals surface area contributed by atoms with Crippen molar-refractivity contribution in [2.45, 2.75) is 46.1 Å². The van der Waals surface area contributed by atoms with Crippen LogP contribution in [0, 0.1) is 12.8 Å². The maximum Gasteiger partial charge on any atom is 0.229 e. The monoisotopic (exact) mass is 274 g/mol. The first kappa shape index (κ1) is 14.7. The van der Waals surface area contributed by atoms with Crippen LogP contribution in [0.3, 0.4) is 0 Å². The number of aromatic nitrogens is 2. The normalized spacial score (nSPS) is 12.8. The molecular weight excluding hydrogens is 252 g/mol. The molecule has 0 radical (unpaired) electrons. The third kappa shape index (κ3) is 4.46. The van der Waals surface area contributed by atoms with Gasteiger partial charge < -0.3 is 9.63 Å². The lowest BCUT2D eigenvalue weighted by Gasteiger charge is -2.09. The summed E-state index contributed by atoms with van der Waals surface area (Å²) in [5, 5.41) is 13.8. The third-order valence-electron chi connectivity index (χ3n) is 3.15. The van der Waals surface area contributed by atoms with Crippen LogP contribution in [-0.4, -0.2) is 21.4 Å². The molecular formula is C16H22N2O2. The summed E-state index contributed by atoms with van der Waals surface area (Å²) in [5.41, 5.74) is 2.39. The molecule has 1 aromatic carbocycles. The average molecular weight is 274 g/mol. The first-order valence-electron chi connectivity index (χ1n) is 7.08. The third-order valence-corrected chi connectivity index (χ3v) is 3.15. The largest absolute Gasteiger partial charge is 0.393 e. The zero-order valence-electron chi connectivity index (χ0n) is 12.3. The van der Waals surface area contributed by atoms with Crippen molar-refractivity contribution in [3.8, 4) is 0 Å². The molecule has 2 rings (SSSR count). The molecule has 4 nitrogen and oxygen atoms in total. The minimum Gasteiger partial charge on any atom is -0.393 e. The fraction of sp³-hybridized carbons (Fsp3) is 0.500. The Morgan fingerprint density at radius 3 is 2.55 bits per heavy atom. The maximum absolute atomic E-state index is 9.87. The zero-order chi connectivity index (χ0) is 14.5. The summed E-state index contributed by atoms with van der Waals surface area (Å²) >= 11 is 0. The van der Waals surface area contributed by atoms with E-state index in [9.17, 15) is 5.11 Å². The molecule has 2 aromatic rings. The van der Waals surface area contributed by atoms with Crippen LogP contribution < -0.4 is 0 Å². The molecule has 0 saturated carbocycles. The molecule has 1 N–H and O–H groups in total. The SMILES string of the molecule is Cc1ccc(Cc2noc(CC(O)CC(C)C)n2)cc1. The summed E-state index contributed by atoms with van der Waals surface area (Å²) < 4.78 is 5.19. The smallest absolute Gasteiger partial charge is 0.229 e. The topological polar surface area (TPSA) is 59.2 Å². The Bertz CT molecular complexity index is 532. The first-order chi connectivity index (χ1) is 9.52. The van der Waals surface area contributed by atoms with Crippen LogP contribution in [0.15, 0.2) is 28.8 Å². The molecule has 0 spiro atoms. The van der Waals surface area contributed by atoms with Gasteiger partial charge in [0.2, 0.25) is 5.89 Å². The summed E-state index contributed by atoms with van der Waals surface area (Å²) in [6, 6.07) is 8.28. The molecule has 20 heavy (non-hydrogen) atoms. The summed E-state index contributed by atoms with van der Waals surface area (Å²) in [7, 11) is 0. The van der Waals surface area contributed by atoms with E-state index in [-0.39, 0.29) is 0 Å². The van der Waals surface area contributed by atoms with Crippen molar-refractivity contribution in [2.75, 3.05) is 0 Å². The first-order valence-corrected chi connectivity index (χ1v) is 7.08. The van der Waals surface area contributed by atoms with Crippen molar-refractivity contribution >= 4 is 0 Å². The highest BCUT2D eigenvalue weighted by molar-refractivity contribution is 5.23. The Morgan fingerprint density at radius 1 is 1.20 bits per heavy atom. The number of nitrogens with zero attached hydrogens (tertiary/aromatic N) is 2. The molecule has 1 aromatic heterocycles. The van der Waals surface area contributed by atoms with Crippen LogP contribution in [-0.2, 0) is 12.8 Å². The second-order valence-corrected chi connectivity index (χ2v) is 5.75. The van der Waals surface area contributed by atoms with Crippen LogP contribution in [0.2, 0.25) is 0 Å². The van der Waals surface area contributed by atoms with Crippen molar-refractivity contribution < 1.29 is 9.63 Å². The highest BCUT2D eigenvalue weighted by Gasteiger charge is 2.13. The van der Waals surface area contributed by atoms with E-state index in [1.54, 1.807) is 0 Å². The van der Waals surface area contributed by atoms with Crippen molar-refractivity contribution in [3.05, 3.63) is 47.1 Å². The highest BCUT2D eigenvalue weighted by atomic mass is 16.5. The van der Waals surface area contributed by atoms with Crippen molar-refractivity contribution in [3.63, 3.8) is 0 Å². The van der Waals surface area contributed by atoms with Gasteiger partial charge in [0.15, 0.2) is 5.82 Å². The molecule has 1 heterocycles. The van der Waals surface area contributed by atoms with Gasteiger partial charge in [0, 0.05) is 6.42 Å². The molecule has 1 unspecified atom stereocenters. The molecule has 1 atom stereocenters. The van der Waals surface area contributed by atoms with Gasteiger partial charge in [0.25, 0.3) is 0 Å². The number of hydrogen-bond acceptors (Lipinski definition) is 4. The van der Waals surface area contributed by atoms with Gasteiger partial charge in [0.05, 0.1) is 12.5 Å². The lowest BCUT2D eigenvalue weighted by molar-refractivity contribution is 0.138. The van der Waals surface area contributed by atoms with Gasteiger partial charge in [-0.1, -0.05) is 48.8 Å². The number of hydrogen-bond donors (Lipinski definition) is 1. The molecule has 0 aliphatic heterocycles. The van der Waals surface area contributed by atoms with E-state index < -0.39 is 6.10 Å². The van der Waals surface area contributed by atoms with Gasteiger partial charge in [-0.2, -0.15) is 4.98 Å². The Morgan fingerprint density at radius 2 is 1.90 bits per heavy atom. The van der Waals surface area contributed by atoms with Crippen LogP contribution in [0.4, 0.5) is 0 Å². The number of rotatable bonds is 6. The second kappa shape index (κ2) is 6.66. The number of aliphatic hydroxyl groups excluding tert-OH is 1. The van der Waals surface area contributed by atoms with E-state index >= 15 is 0 Å². The summed E-state index contributed by atoms with van der Waals surface area (Å²) in [4.78, 5) is 4.34. The number of benzene rings is 1. The lowest BCUT2D eigenvalue weighted by atomic mass is 10.0. The van der Waals surface area contributed by atoms with E-state index in [1.165, 1.54) is 5.56 Å². The van der Waals surface area contributed by atoms with Crippen LogP contribution in [0.5, 0.6) is 0 Å². The van der Waals surface area contributed by atoms with Gasteiger partial charge in [0.1, 0.15) is 0 Å². The van der Waals surface area contributed by atoms with Gasteiger partial charge in [-0.05, 0) is 24.8 Å². The molecule has 0 aliphatic rings. The van der Waals surface area contributed by atoms with Crippen LogP contribution in [0.1, 0.15) is 43.1 Å². The fourth-order valence-electron chi connectivity index (χ4n) is 2.16. The van der Waals surface area contributed by atoms with E-state index in [4.69, 9.17) is 4.52 Å². The molecule has 4 heteroatoms. The van der Waals surface area contributed by atoms with Crippen LogP contribution >= 0.6 is 0 Å². The summed E-state index contributed by atoms with van der Waals surface area (Å²) in [5.74, 6) is 1.64. The minimum absolute atomic E-state index is 0.414. The second-order valence-electron chi connectivity index (χ2n) is 5.75.